The number of rotatable bonds is 3. The van der Waals surface area contributed by atoms with Gasteiger partial charge in [0.25, 0.3) is 0 Å². The Morgan fingerprint density at radius 1 is 0.864 bits per heavy atom. The SMILES string of the molecule is Cl.Cl.Cl.[CH3][Ti]([CH3])([O]c1ccccc1)[N]1CCNCCNCC1. The molecular weight excluding hydrogens is 380 g/mol. The van der Waals surface area contributed by atoms with E-state index in [-0.39, 0.29) is 37.2 Å². The van der Waals surface area contributed by atoms with Gasteiger partial charge in [0, 0.05) is 0 Å². The van der Waals surface area contributed by atoms with Crippen molar-refractivity contribution in [1.29, 1.82) is 0 Å². The van der Waals surface area contributed by atoms with Crippen LogP contribution in [0, 0.1) is 0 Å². The van der Waals surface area contributed by atoms with Crippen molar-refractivity contribution in [2.75, 3.05) is 39.3 Å². The van der Waals surface area contributed by atoms with E-state index in [1.165, 1.54) is 0 Å². The molecule has 2 rings (SSSR count). The van der Waals surface area contributed by atoms with Crippen molar-refractivity contribution < 1.29 is 20.6 Å². The van der Waals surface area contributed by atoms with Gasteiger partial charge in [-0.05, 0) is 0 Å². The van der Waals surface area contributed by atoms with Gasteiger partial charge < -0.3 is 0 Å². The third-order valence-corrected chi connectivity index (χ3v) is 7.69. The molecule has 0 saturated carbocycles. The van der Waals surface area contributed by atoms with Gasteiger partial charge in [-0.1, -0.05) is 0 Å². The zero-order valence-electron chi connectivity index (χ0n) is 13.2. The molecule has 1 aliphatic rings. The minimum absolute atomic E-state index is 0. The molecule has 4 nitrogen and oxygen atoms in total. The normalized spacial score (nSPS) is 16.6. The summed E-state index contributed by atoms with van der Waals surface area (Å²) in [7, 11) is 0. The van der Waals surface area contributed by atoms with Crippen molar-refractivity contribution in [2.24, 2.45) is 0 Å². The summed E-state index contributed by atoms with van der Waals surface area (Å²) in [5.41, 5.74) is 0. The van der Waals surface area contributed by atoms with Gasteiger partial charge >= 0.3 is 120 Å². The Morgan fingerprint density at radius 2 is 1.36 bits per heavy atom. The van der Waals surface area contributed by atoms with Crippen LogP contribution in [0.1, 0.15) is 0 Å². The molecule has 130 valence electrons. The fourth-order valence-electron chi connectivity index (χ4n) is 2.35. The molecule has 1 heterocycles. The van der Waals surface area contributed by atoms with Crippen molar-refractivity contribution in [3.63, 3.8) is 0 Å². The van der Waals surface area contributed by atoms with Crippen LogP contribution in [0.5, 0.6) is 5.75 Å². The van der Waals surface area contributed by atoms with E-state index in [1.807, 2.05) is 18.2 Å². The Kier molecular flexibility index (Phi) is 14.4. The number of hydrogen-bond donors (Lipinski definition) is 2. The molecule has 8 heteroatoms. The van der Waals surface area contributed by atoms with Crippen LogP contribution in [0.3, 0.4) is 0 Å². The maximum absolute atomic E-state index is 6.34. The molecule has 0 aromatic heterocycles. The molecule has 0 radical (unpaired) electrons. The molecule has 0 unspecified atom stereocenters. The Labute approximate surface area is 157 Å². The second-order valence-electron chi connectivity index (χ2n) is 5.35. The molecule has 2 N–H and O–H groups in total. The van der Waals surface area contributed by atoms with Gasteiger partial charge in [-0.25, -0.2) is 0 Å². The average molecular weight is 409 g/mol. The van der Waals surface area contributed by atoms with Crippen molar-refractivity contribution in [3.05, 3.63) is 30.3 Å². The molecule has 1 aliphatic heterocycles. The van der Waals surface area contributed by atoms with Crippen molar-refractivity contribution in [3.8, 4) is 5.75 Å². The monoisotopic (exact) mass is 407 g/mol. The van der Waals surface area contributed by atoms with E-state index in [9.17, 15) is 0 Å². The fourth-order valence-corrected chi connectivity index (χ4v) is 5.69. The summed E-state index contributed by atoms with van der Waals surface area (Å²) in [6, 6.07) is 10.2. The van der Waals surface area contributed by atoms with E-state index < -0.39 is 17.2 Å². The first-order chi connectivity index (χ1) is 9.18. The Morgan fingerprint density at radius 3 is 1.86 bits per heavy atom. The number of para-hydroxylation sites is 1. The molecular formula is C14H28Cl3N3OTi. The van der Waals surface area contributed by atoms with Gasteiger partial charge in [0.2, 0.25) is 0 Å². The number of hydrogen-bond acceptors (Lipinski definition) is 4. The van der Waals surface area contributed by atoms with E-state index in [0.29, 0.717) is 0 Å². The zero-order valence-corrected chi connectivity index (χ0v) is 17.2. The summed E-state index contributed by atoms with van der Waals surface area (Å²) < 4.78 is 8.90. The van der Waals surface area contributed by atoms with Crippen LogP contribution in [0.15, 0.2) is 30.3 Å². The fraction of sp³-hybridized carbons (Fsp3) is 0.571. The molecule has 1 aromatic rings. The van der Waals surface area contributed by atoms with E-state index in [1.54, 1.807) is 0 Å². The predicted molar refractivity (Wildman–Crippen MR) is 97.9 cm³/mol. The van der Waals surface area contributed by atoms with Crippen LogP contribution >= 0.6 is 37.2 Å². The van der Waals surface area contributed by atoms with Crippen LogP contribution in [-0.2, 0) is 17.2 Å². The molecule has 0 bridgehead atoms. The first kappa shape index (κ1) is 24.7. The topological polar surface area (TPSA) is 36.5 Å². The maximum atomic E-state index is 6.34. The molecule has 0 spiro atoms. The third-order valence-electron chi connectivity index (χ3n) is 3.47. The van der Waals surface area contributed by atoms with Crippen molar-refractivity contribution in [2.45, 2.75) is 10.5 Å². The summed E-state index contributed by atoms with van der Waals surface area (Å²) in [6.45, 7) is 6.38. The zero-order chi connectivity index (χ0) is 13.6. The number of benzene rings is 1. The van der Waals surface area contributed by atoms with E-state index in [0.717, 1.165) is 45.0 Å². The predicted octanol–water partition coefficient (Wildman–Crippen LogP) is 2.91. The Balaban J connectivity index is 0. The minimum atomic E-state index is -2.42. The standard InChI is InChI=1S/C6H14N3.C6H6O.2CH3.3ClH.Ti/c1-2-8-5-6-9-4-3-7-1;7-6-4-2-1-3-5-6;;;;;;/h7-8H,1-6H2;1-5,7H;2*1H3;3*1H;/q-1;;;;;;;+2/p-1. The van der Waals surface area contributed by atoms with Gasteiger partial charge in [0.1, 0.15) is 0 Å². The Hall–Kier alpha value is 0.484. The molecule has 1 aromatic carbocycles. The Bertz CT molecular complexity index is 375. The van der Waals surface area contributed by atoms with Crippen LogP contribution in [-0.4, -0.2) is 42.7 Å². The third kappa shape index (κ3) is 8.37. The molecule has 1 saturated heterocycles. The quantitative estimate of drug-likeness (QED) is 0.754. The summed E-state index contributed by atoms with van der Waals surface area (Å²) in [4.78, 5) is 0. The molecule has 1 fully saturated rings. The van der Waals surface area contributed by atoms with Crippen LogP contribution in [0.2, 0.25) is 10.5 Å². The summed E-state index contributed by atoms with van der Waals surface area (Å²) in [6.07, 6.45) is 0. The second kappa shape index (κ2) is 12.9. The summed E-state index contributed by atoms with van der Waals surface area (Å²) >= 11 is -2.42. The molecule has 0 atom stereocenters. The van der Waals surface area contributed by atoms with Gasteiger partial charge in [-0.3, -0.25) is 0 Å². The second-order valence-corrected chi connectivity index (χ2v) is 11.2. The van der Waals surface area contributed by atoms with Gasteiger partial charge in [0.15, 0.2) is 0 Å². The van der Waals surface area contributed by atoms with Crippen LogP contribution in [0.25, 0.3) is 0 Å². The molecule has 0 amide bonds. The number of nitrogens with one attached hydrogen (secondary N) is 2. The number of halogens is 3. The van der Waals surface area contributed by atoms with Gasteiger partial charge in [-0.2, -0.15) is 0 Å². The van der Waals surface area contributed by atoms with Crippen molar-refractivity contribution >= 4 is 37.2 Å². The van der Waals surface area contributed by atoms with E-state index in [2.05, 4.69) is 36.6 Å². The molecule has 22 heavy (non-hydrogen) atoms. The van der Waals surface area contributed by atoms with Gasteiger partial charge in [-0.15, -0.1) is 37.2 Å². The van der Waals surface area contributed by atoms with Crippen molar-refractivity contribution in [1.82, 2.24) is 14.0 Å². The first-order valence-electron chi connectivity index (χ1n) is 7.09. The average Bonchev–Trinajstić information content (AvgIpc) is 2.53. The number of nitrogens with zero attached hydrogens (tertiary/aromatic N) is 1. The van der Waals surface area contributed by atoms with E-state index >= 15 is 0 Å². The first-order valence-corrected chi connectivity index (χ1v) is 11.5. The van der Waals surface area contributed by atoms with Crippen LogP contribution < -0.4 is 14.0 Å². The van der Waals surface area contributed by atoms with E-state index in [4.69, 9.17) is 3.32 Å². The van der Waals surface area contributed by atoms with Crippen LogP contribution in [0.4, 0.5) is 0 Å². The van der Waals surface area contributed by atoms with Gasteiger partial charge in [0.05, 0.1) is 0 Å². The summed E-state index contributed by atoms with van der Waals surface area (Å²) in [5.74, 6) is 1.01. The summed E-state index contributed by atoms with van der Waals surface area (Å²) in [5, 5.41) is 11.6. The molecule has 0 aliphatic carbocycles.